The van der Waals surface area contributed by atoms with Gasteiger partial charge in [0.15, 0.2) is 10.8 Å². The lowest BCUT2D eigenvalue weighted by atomic mass is 9.98. The zero-order valence-corrected chi connectivity index (χ0v) is 19.4. The van der Waals surface area contributed by atoms with Crippen LogP contribution < -0.4 is 10.5 Å². The third-order valence-corrected chi connectivity index (χ3v) is 6.82. The topological polar surface area (TPSA) is 146 Å². The van der Waals surface area contributed by atoms with Gasteiger partial charge in [0.25, 0.3) is 0 Å². The zero-order valence-electron chi connectivity index (χ0n) is 17.7. The highest BCUT2D eigenvalue weighted by Gasteiger charge is 2.15. The number of benzene rings is 3. The molecular weight excluding hydrogens is 472 g/mol. The normalized spacial score (nSPS) is 12.3. The molecule has 0 atom stereocenters. The molecule has 8 nitrogen and oxygen atoms in total. The predicted octanol–water partition coefficient (Wildman–Crippen LogP) is 4.36. The van der Waals surface area contributed by atoms with Crippen molar-refractivity contribution in [3.8, 4) is 0 Å². The van der Waals surface area contributed by atoms with Gasteiger partial charge in [-0.1, -0.05) is 48.5 Å². The molecule has 172 valence electrons. The fraction of sp³-hybridized carbons (Fsp3) is 0.0417. The predicted molar refractivity (Wildman–Crippen MR) is 134 cm³/mol. The van der Waals surface area contributed by atoms with E-state index in [1.54, 1.807) is 12.1 Å². The first kappa shape index (κ1) is 23.3. The van der Waals surface area contributed by atoms with Crippen LogP contribution in [-0.4, -0.2) is 30.7 Å². The van der Waals surface area contributed by atoms with Crippen molar-refractivity contribution in [2.45, 2.75) is 11.3 Å². The third-order valence-electron chi connectivity index (χ3n) is 5.14. The van der Waals surface area contributed by atoms with Gasteiger partial charge in [-0.25, -0.2) is 23.3 Å². The molecule has 5 N–H and O–H groups in total. The van der Waals surface area contributed by atoms with E-state index in [4.69, 9.17) is 10.5 Å². The molecule has 3 aromatic carbocycles. The lowest BCUT2D eigenvalue weighted by Gasteiger charge is -2.15. The number of thiazole rings is 1. The maximum Gasteiger partial charge on any atom is 0.355 e. The van der Waals surface area contributed by atoms with Crippen LogP contribution in [0.25, 0.3) is 16.5 Å². The molecule has 0 aliphatic carbocycles. The highest BCUT2D eigenvalue weighted by molar-refractivity contribution is 7.89. The quantitative estimate of drug-likeness (QED) is 0.269. The van der Waals surface area contributed by atoms with Crippen LogP contribution in [0.15, 0.2) is 82.6 Å². The van der Waals surface area contributed by atoms with Crippen LogP contribution >= 0.6 is 11.3 Å². The number of nitrogens with one attached hydrogen (secondary N) is 2. The summed E-state index contributed by atoms with van der Waals surface area (Å²) in [6, 6.07) is 19.9. The Balaban J connectivity index is 1.78. The molecule has 0 bridgehead atoms. The molecule has 1 aromatic heterocycles. The summed E-state index contributed by atoms with van der Waals surface area (Å²) >= 11 is 1.15. The second-order valence-corrected chi connectivity index (χ2v) is 9.86. The standard InChI is InChI=1S/C24H20N4O4S2/c25-13-19(11-15-5-9-20(10-6-15)34(26,31)32)22(28-24-27-21(14-33-24)23(29)30)18-8-7-16-3-1-2-4-17(16)12-18/h1-10,12-14,25H,11H2,(H,27,28)(H,29,30)(H2,26,31,32)/b22-19-,25-13?. The molecule has 0 amide bonds. The van der Waals surface area contributed by atoms with Crippen LogP contribution in [0.1, 0.15) is 21.6 Å². The largest absolute Gasteiger partial charge is 0.476 e. The molecule has 0 fully saturated rings. The van der Waals surface area contributed by atoms with Crippen molar-refractivity contribution < 1.29 is 18.3 Å². The van der Waals surface area contributed by atoms with E-state index in [9.17, 15) is 18.3 Å². The molecule has 0 unspecified atom stereocenters. The van der Waals surface area contributed by atoms with E-state index in [0.717, 1.165) is 33.2 Å². The molecule has 1 heterocycles. The molecule has 0 aliphatic heterocycles. The molecule has 0 aliphatic rings. The Morgan fingerprint density at radius 3 is 2.41 bits per heavy atom. The smallest absolute Gasteiger partial charge is 0.355 e. The number of sulfonamides is 1. The molecule has 0 saturated carbocycles. The van der Waals surface area contributed by atoms with Crippen LogP contribution in [0, 0.1) is 5.41 Å². The lowest BCUT2D eigenvalue weighted by molar-refractivity contribution is 0.0691. The first-order chi connectivity index (χ1) is 16.2. The van der Waals surface area contributed by atoms with Gasteiger partial charge in [0, 0.05) is 18.0 Å². The summed E-state index contributed by atoms with van der Waals surface area (Å²) in [6.07, 6.45) is 1.54. The number of aromatic carboxylic acids is 1. The maximum atomic E-state index is 11.6. The van der Waals surface area contributed by atoms with Crippen molar-refractivity contribution in [3.63, 3.8) is 0 Å². The number of carboxylic acids is 1. The van der Waals surface area contributed by atoms with Crippen LogP contribution in [-0.2, 0) is 16.4 Å². The second kappa shape index (κ2) is 9.56. The number of hydrogen-bond acceptors (Lipinski definition) is 7. The van der Waals surface area contributed by atoms with Gasteiger partial charge in [-0.15, -0.1) is 11.3 Å². The number of rotatable bonds is 8. The number of primary sulfonamides is 1. The van der Waals surface area contributed by atoms with E-state index in [2.05, 4.69) is 10.3 Å². The van der Waals surface area contributed by atoms with Gasteiger partial charge in [0.2, 0.25) is 10.0 Å². The van der Waals surface area contributed by atoms with Crippen molar-refractivity contribution >= 4 is 55.1 Å². The number of nitrogens with zero attached hydrogens (tertiary/aromatic N) is 1. The van der Waals surface area contributed by atoms with E-state index in [1.807, 2.05) is 42.5 Å². The van der Waals surface area contributed by atoms with Gasteiger partial charge in [-0.05, 0) is 45.7 Å². The summed E-state index contributed by atoms with van der Waals surface area (Å²) in [5.74, 6) is -1.12. The Morgan fingerprint density at radius 1 is 1.09 bits per heavy atom. The Hall–Kier alpha value is -3.86. The molecule has 4 rings (SSSR count). The van der Waals surface area contributed by atoms with Crippen LogP contribution in [0.4, 0.5) is 5.13 Å². The van der Waals surface area contributed by atoms with Crippen LogP contribution in [0.2, 0.25) is 0 Å². The zero-order chi connectivity index (χ0) is 24.3. The highest BCUT2D eigenvalue weighted by Crippen LogP contribution is 2.28. The molecule has 0 spiro atoms. The number of fused-ring (bicyclic) bond motifs is 1. The fourth-order valence-electron chi connectivity index (χ4n) is 3.45. The second-order valence-electron chi connectivity index (χ2n) is 7.44. The minimum absolute atomic E-state index is 0.00787. The van der Waals surface area contributed by atoms with E-state index >= 15 is 0 Å². The Morgan fingerprint density at radius 2 is 1.79 bits per heavy atom. The minimum atomic E-state index is -3.80. The van der Waals surface area contributed by atoms with Gasteiger partial charge < -0.3 is 15.8 Å². The lowest BCUT2D eigenvalue weighted by Crippen LogP contribution is -2.12. The summed E-state index contributed by atoms with van der Waals surface area (Å²) in [7, 11) is -3.80. The van der Waals surface area contributed by atoms with Gasteiger partial charge in [-0.2, -0.15) is 0 Å². The van der Waals surface area contributed by atoms with Crippen molar-refractivity contribution in [1.29, 1.82) is 5.41 Å². The maximum absolute atomic E-state index is 11.6. The van der Waals surface area contributed by atoms with Crippen molar-refractivity contribution in [2.24, 2.45) is 5.14 Å². The number of allylic oxidation sites excluding steroid dienone is 1. The molecule has 4 aromatic rings. The number of carboxylic acid groups (broad SMARTS) is 1. The summed E-state index contributed by atoms with van der Waals surface area (Å²) in [6.45, 7) is 0. The molecule has 10 heteroatoms. The number of aromatic nitrogens is 1. The third kappa shape index (κ3) is 5.20. The fourth-order valence-corrected chi connectivity index (χ4v) is 4.65. The van der Waals surface area contributed by atoms with Crippen LogP contribution in [0.3, 0.4) is 0 Å². The average Bonchev–Trinajstić information content (AvgIpc) is 3.30. The van der Waals surface area contributed by atoms with E-state index in [-0.39, 0.29) is 10.6 Å². The number of nitrogens with two attached hydrogens (primary N) is 1. The van der Waals surface area contributed by atoms with Gasteiger partial charge in [0.1, 0.15) is 0 Å². The Bertz CT molecular complexity index is 1520. The number of hydrogen-bond donors (Lipinski definition) is 4. The summed E-state index contributed by atoms with van der Waals surface area (Å²) in [5, 5.41) is 29.6. The van der Waals surface area contributed by atoms with Crippen molar-refractivity contribution in [2.75, 3.05) is 5.32 Å². The summed E-state index contributed by atoms with van der Waals surface area (Å²) in [5.41, 5.74) is 2.70. The first-order valence-electron chi connectivity index (χ1n) is 10.0. The van der Waals surface area contributed by atoms with Crippen molar-refractivity contribution in [3.05, 3.63) is 94.5 Å². The minimum Gasteiger partial charge on any atom is -0.476 e. The highest BCUT2D eigenvalue weighted by atomic mass is 32.2. The molecule has 0 radical (unpaired) electrons. The summed E-state index contributed by atoms with van der Waals surface area (Å²) in [4.78, 5) is 15.4. The van der Waals surface area contributed by atoms with E-state index in [0.29, 0.717) is 22.8 Å². The number of carbonyl (C=O) groups is 1. The molecule has 0 saturated heterocycles. The molecular formula is C24H20N4O4S2. The SMILES string of the molecule is N=C/C(Cc1ccc(S(N)(=O)=O)cc1)=C(\Nc1nc(C(=O)O)cs1)c1ccc2ccccc2c1. The Labute approximate surface area is 200 Å². The van der Waals surface area contributed by atoms with E-state index < -0.39 is 16.0 Å². The first-order valence-corrected chi connectivity index (χ1v) is 12.5. The summed E-state index contributed by atoms with van der Waals surface area (Å²) < 4.78 is 23.1. The van der Waals surface area contributed by atoms with Gasteiger partial charge >= 0.3 is 5.97 Å². The monoisotopic (exact) mass is 492 g/mol. The Kier molecular flexibility index (Phi) is 6.55. The van der Waals surface area contributed by atoms with Crippen LogP contribution in [0.5, 0.6) is 0 Å². The molecule has 34 heavy (non-hydrogen) atoms. The average molecular weight is 493 g/mol. The van der Waals surface area contributed by atoms with Gasteiger partial charge in [-0.3, -0.25) is 0 Å². The van der Waals surface area contributed by atoms with Gasteiger partial charge in [0.05, 0.1) is 10.6 Å². The van der Waals surface area contributed by atoms with Crippen molar-refractivity contribution in [1.82, 2.24) is 4.98 Å². The van der Waals surface area contributed by atoms with E-state index in [1.165, 1.54) is 23.7 Å². The number of anilines is 1.